The number of nitrogens with one attached hydrogen (secondary N) is 1. The van der Waals surface area contributed by atoms with Gasteiger partial charge in [-0.1, -0.05) is 6.07 Å². The summed E-state index contributed by atoms with van der Waals surface area (Å²) in [7, 11) is 0. The zero-order valence-electron chi connectivity index (χ0n) is 11.3. The van der Waals surface area contributed by atoms with E-state index in [1.807, 2.05) is 23.2 Å². The van der Waals surface area contributed by atoms with Crippen LogP contribution < -0.4 is 11.2 Å². The Morgan fingerprint density at radius 1 is 1.00 bits per heavy atom. The first kappa shape index (κ1) is 14.1. The third-order valence-electron chi connectivity index (χ3n) is 2.44. The second-order valence-electron chi connectivity index (χ2n) is 5.82. The predicted octanol–water partition coefficient (Wildman–Crippen LogP) is 1.40. The minimum Gasteiger partial charge on any atom is -0.304 e. The van der Waals surface area contributed by atoms with Crippen LogP contribution in [-0.4, -0.2) is 34.2 Å². The summed E-state index contributed by atoms with van der Waals surface area (Å²) < 4.78 is 0. The van der Waals surface area contributed by atoms with Crippen LogP contribution in [0.3, 0.4) is 0 Å². The topological polar surface area (TPSA) is 54.2 Å². The lowest BCUT2D eigenvalue weighted by atomic mass is 9.93. The first-order valence-electron chi connectivity index (χ1n) is 5.95. The van der Waals surface area contributed by atoms with Crippen molar-refractivity contribution in [3.8, 4) is 0 Å². The monoisotopic (exact) mass is 236 g/mol. The second-order valence-corrected chi connectivity index (χ2v) is 5.82. The van der Waals surface area contributed by atoms with Crippen LogP contribution in [0.15, 0.2) is 30.6 Å². The Hall–Kier alpha value is -0.970. The molecule has 0 spiro atoms. The molecule has 1 aromatic rings. The molecular formula is C13H24N4. The number of pyridine rings is 1. The van der Waals surface area contributed by atoms with Gasteiger partial charge in [-0.15, -0.1) is 0 Å². The minimum absolute atomic E-state index is 0.135. The SMILES string of the molecule is CC1(C)CN(N)CC(C)(C)N1.c1ccncc1. The summed E-state index contributed by atoms with van der Waals surface area (Å²) in [4.78, 5) is 3.78. The lowest BCUT2D eigenvalue weighted by Crippen LogP contribution is -2.68. The van der Waals surface area contributed by atoms with Crippen molar-refractivity contribution in [2.45, 2.75) is 38.8 Å². The Kier molecular flexibility index (Phi) is 4.62. The zero-order chi connectivity index (χ0) is 12.9. The summed E-state index contributed by atoms with van der Waals surface area (Å²) in [6, 6.07) is 5.72. The van der Waals surface area contributed by atoms with Gasteiger partial charge in [0.1, 0.15) is 0 Å². The molecule has 0 aromatic carbocycles. The van der Waals surface area contributed by atoms with Gasteiger partial charge >= 0.3 is 0 Å². The van der Waals surface area contributed by atoms with Crippen molar-refractivity contribution in [3.05, 3.63) is 30.6 Å². The average molecular weight is 236 g/mol. The Morgan fingerprint density at radius 3 is 1.71 bits per heavy atom. The smallest absolute Gasteiger partial charge is 0.0307 e. The van der Waals surface area contributed by atoms with Gasteiger partial charge in [-0.2, -0.15) is 0 Å². The summed E-state index contributed by atoms with van der Waals surface area (Å²) >= 11 is 0. The minimum atomic E-state index is 0.135. The Balaban J connectivity index is 0.000000202. The van der Waals surface area contributed by atoms with Crippen LogP contribution >= 0.6 is 0 Å². The molecule has 0 bridgehead atoms. The molecule has 4 nitrogen and oxygen atoms in total. The standard InChI is InChI=1S/C8H19N3.C5H5N/c1-7(2)5-11(9)6-8(3,4)10-7;1-2-4-6-5-3-1/h10H,5-6,9H2,1-4H3;1-5H. The van der Waals surface area contributed by atoms with E-state index in [4.69, 9.17) is 5.84 Å². The highest BCUT2D eigenvalue weighted by molar-refractivity contribution is 4.96. The maximum atomic E-state index is 5.78. The van der Waals surface area contributed by atoms with E-state index in [0.29, 0.717) is 0 Å². The largest absolute Gasteiger partial charge is 0.304 e. The molecule has 0 unspecified atom stereocenters. The number of nitrogens with two attached hydrogens (primary N) is 1. The predicted molar refractivity (Wildman–Crippen MR) is 71.3 cm³/mol. The fourth-order valence-electron chi connectivity index (χ4n) is 2.38. The van der Waals surface area contributed by atoms with Crippen molar-refractivity contribution in [3.63, 3.8) is 0 Å². The fourth-order valence-corrected chi connectivity index (χ4v) is 2.38. The maximum Gasteiger partial charge on any atom is 0.0307 e. The summed E-state index contributed by atoms with van der Waals surface area (Å²) in [6.07, 6.45) is 3.50. The van der Waals surface area contributed by atoms with Gasteiger partial charge in [0.2, 0.25) is 0 Å². The number of rotatable bonds is 0. The summed E-state index contributed by atoms with van der Waals surface area (Å²) in [5.74, 6) is 5.78. The number of hydrazine groups is 1. The van der Waals surface area contributed by atoms with Crippen molar-refractivity contribution in [1.82, 2.24) is 15.3 Å². The Bertz CT molecular complexity index is 279. The van der Waals surface area contributed by atoms with Gasteiger partial charge in [0.25, 0.3) is 0 Å². The fraction of sp³-hybridized carbons (Fsp3) is 0.615. The normalized spacial score (nSPS) is 22.4. The molecule has 0 aliphatic carbocycles. The molecule has 3 N–H and O–H groups in total. The highest BCUT2D eigenvalue weighted by atomic mass is 15.4. The summed E-state index contributed by atoms with van der Waals surface area (Å²) in [6.45, 7) is 10.5. The highest BCUT2D eigenvalue weighted by Crippen LogP contribution is 2.17. The highest BCUT2D eigenvalue weighted by Gasteiger charge is 2.34. The number of piperazine rings is 1. The van der Waals surface area contributed by atoms with Crippen LogP contribution in [0.25, 0.3) is 0 Å². The third-order valence-corrected chi connectivity index (χ3v) is 2.44. The van der Waals surface area contributed by atoms with Gasteiger partial charge in [-0.05, 0) is 39.8 Å². The molecule has 17 heavy (non-hydrogen) atoms. The van der Waals surface area contributed by atoms with Gasteiger partial charge in [0.05, 0.1) is 0 Å². The molecule has 1 aromatic heterocycles. The van der Waals surface area contributed by atoms with Crippen molar-refractivity contribution >= 4 is 0 Å². The molecule has 1 fully saturated rings. The summed E-state index contributed by atoms with van der Waals surface area (Å²) in [5.41, 5.74) is 0.271. The molecule has 0 radical (unpaired) electrons. The number of aromatic nitrogens is 1. The van der Waals surface area contributed by atoms with E-state index in [1.54, 1.807) is 12.4 Å². The second kappa shape index (κ2) is 5.58. The Morgan fingerprint density at radius 2 is 1.47 bits per heavy atom. The van der Waals surface area contributed by atoms with E-state index in [9.17, 15) is 0 Å². The molecule has 96 valence electrons. The number of nitrogens with zero attached hydrogens (tertiary/aromatic N) is 2. The van der Waals surface area contributed by atoms with E-state index in [0.717, 1.165) is 13.1 Å². The van der Waals surface area contributed by atoms with E-state index in [2.05, 4.69) is 38.0 Å². The van der Waals surface area contributed by atoms with Crippen LogP contribution in [0.1, 0.15) is 27.7 Å². The summed E-state index contributed by atoms with van der Waals surface area (Å²) in [5, 5.41) is 5.43. The molecule has 1 aliphatic rings. The quantitative estimate of drug-likeness (QED) is 0.669. The van der Waals surface area contributed by atoms with Crippen LogP contribution in [0, 0.1) is 0 Å². The number of hydrogen-bond donors (Lipinski definition) is 2. The van der Waals surface area contributed by atoms with Crippen LogP contribution in [0.2, 0.25) is 0 Å². The van der Waals surface area contributed by atoms with Gasteiger partial charge in [0, 0.05) is 36.6 Å². The van der Waals surface area contributed by atoms with Crippen molar-refractivity contribution in [2.75, 3.05) is 13.1 Å². The van der Waals surface area contributed by atoms with E-state index in [1.165, 1.54) is 0 Å². The Labute approximate surface area is 104 Å². The molecule has 2 heterocycles. The van der Waals surface area contributed by atoms with Gasteiger partial charge in [-0.3, -0.25) is 10.8 Å². The first-order valence-corrected chi connectivity index (χ1v) is 5.95. The van der Waals surface area contributed by atoms with Gasteiger partial charge < -0.3 is 5.32 Å². The first-order chi connectivity index (χ1) is 7.81. The van der Waals surface area contributed by atoms with Crippen molar-refractivity contribution in [1.29, 1.82) is 0 Å². The van der Waals surface area contributed by atoms with E-state index < -0.39 is 0 Å². The molecule has 0 saturated carbocycles. The molecule has 1 aliphatic heterocycles. The third kappa shape index (κ3) is 5.77. The maximum absolute atomic E-state index is 5.78. The van der Waals surface area contributed by atoms with Crippen molar-refractivity contribution in [2.24, 2.45) is 5.84 Å². The zero-order valence-corrected chi connectivity index (χ0v) is 11.3. The van der Waals surface area contributed by atoms with Crippen LogP contribution in [0.4, 0.5) is 0 Å². The molecule has 1 saturated heterocycles. The van der Waals surface area contributed by atoms with Crippen LogP contribution in [-0.2, 0) is 0 Å². The average Bonchev–Trinajstić information content (AvgIpc) is 2.15. The van der Waals surface area contributed by atoms with Gasteiger partial charge in [0.15, 0.2) is 0 Å². The lowest BCUT2D eigenvalue weighted by molar-refractivity contribution is 0.0787. The molecular weight excluding hydrogens is 212 g/mol. The molecule has 0 amide bonds. The van der Waals surface area contributed by atoms with Gasteiger partial charge in [-0.25, -0.2) is 5.01 Å². The molecule has 2 rings (SSSR count). The van der Waals surface area contributed by atoms with Crippen molar-refractivity contribution < 1.29 is 0 Å². The lowest BCUT2D eigenvalue weighted by Gasteiger charge is -2.46. The molecule has 4 heteroatoms. The molecule has 0 atom stereocenters. The number of hydrogen-bond acceptors (Lipinski definition) is 4. The van der Waals surface area contributed by atoms with Crippen LogP contribution in [0.5, 0.6) is 0 Å². The van der Waals surface area contributed by atoms with E-state index >= 15 is 0 Å². The van der Waals surface area contributed by atoms with E-state index in [-0.39, 0.29) is 11.1 Å².